The van der Waals surface area contributed by atoms with Crippen LogP contribution in [0.15, 0.2) is 42.5 Å². The molecule has 0 atom stereocenters. The summed E-state index contributed by atoms with van der Waals surface area (Å²) >= 11 is 5.61. The van der Waals surface area contributed by atoms with Crippen molar-refractivity contribution in [2.45, 2.75) is 26.2 Å². The van der Waals surface area contributed by atoms with E-state index in [4.69, 9.17) is 16.3 Å². The molecule has 1 N–H and O–H groups in total. The number of nitrogens with one attached hydrogen (secondary N) is 1. The molecule has 0 saturated carbocycles. The Kier molecular flexibility index (Phi) is 6.33. The van der Waals surface area contributed by atoms with Gasteiger partial charge in [0.05, 0.1) is 5.56 Å². The van der Waals surface area contributed by atoms with Gasteiger partial charge >= 0.3 is 5.97 Å². The molecule has 0 aromatic heterocycles. The molecule has 0 aliphatic carbocycles. The Morgan fingerprint density at radius 2 is 1.70 bits per heavy atom. The fraction of sp³-hybridized carbons (Fsp3) is 0.250. The predicted octanol–water partition coefficient (Wildman–Crippen LogP) is 3.89. The minimum atomic E-state index is -1.03. The van der Waals surface area contributed by atoms with Gasteiger partial charge in [-0.2, -0.15) is 0 Å². The Hall–Kier alpha value is -2.73. The molecule has 5 nitrogen and oxygen atoms in total. The van der Waals surface area contributed by atoms with Crippen LogP contribution >= 0.6 is 11.6 Å². The smallest absolute Gasteiger partial charge is 0.341 e. The number of carbonyl (C=O) groups is 3. The monoisotopic (exact) mass is 391 g/mol. The zero-order chi connectivity index (χ0) is 20.2. The van der Waals surface area contributed by atoms with Gasteiger partial charge in [-0.25, -0.2) is 9.18 Å². The lowest BCUT2D eigenvalue weighted by molar-refractivity contribution is -0.123. The fourth-order valence-corrected chi connectivity index (χ4v) is 2.38. The second kappa shape index (κ2) is 8.31. The van der Waals surface area contributed by atoms with Gasteiger partial charge < -0.3 is 4.74 Å². The van der Waals surface area contributed by atoms with Gasteiger partial charge in [-0.15, -0.1) is 0 Å². The number of imide groups is 1. The van der Waals surface area contributed by atoms with E-state index in [-0.39, 0.29) is 16.0 Å². The molecule has 0 heterocycles. The Balaban J connectivity index is 1.91. The molecule has 0 fully saturated rings. The van der Waals surface area contributed by atoms with Crippen molar-refractivity contribution in [2.75, 3.05) is 6.61 Å². The van der Waals surface area contributed by atoms with Crippen molar-refractivity contribution in [2.24, 2.45) is 0 Å². The SMILES string of the molecule is CC(C)(C)c1ccc(C(=O)NC(=O)COC(=O)c2ccc(Cl)cc2F)cc1. The standard InChI is InChI=1S/C20H19ClFNO4/c1-20(2,3)13-6-4-12(5-7-13)18(25)23-17(24)11-27-19(26)15-9-8-14(21)10-16(15)22/h4-10H,11H2,1-3H3,(H,23,24,25). The van der Waals surface area contributed by atoms with Gasteiger partial charge in [0.1, 0.15) is 5.82 Å². The highest BCUT2D eigenvalue weighted by molar-refractivity contribution is 6.30. The summed E-state index contributed by atoms with van der Waals surface area (Å²) in [5.41, 5.74) is 0.933. The van der Waals surface area contributed by atoms with E-state index in [0.717, 1.165) is 17.7 Å². The van der Waals surface area contributed by atoms with Crippen molar-refractivity contribution in [1.82, 2.24) is 5.32 Å². The number of carbonyl (C=O) groups excluding carboxylic acids is 3. The van der Waals surface area contributed by atoms with Crippen LogP contribution in [0.4, 0.5) is 4.39 Å². The third-order valence-electron chi connectivity index (χ3n) is 3.75. The van der Waals surface area contributed by atoms with Crippen molar-refractivity contribution in [3.63, 3.8) is 0 Å². The number of hydrogen-bond donors (Lipinski definition) is 1. The van der Waals surface area contributed by atoms with Gasteiger partial charge in [-0.05, 0) is 41.3 Å². The second-order valence-electron chi connectivity index (χ2n) is 6.90. The predicted molar refractivity (Wildman–Crippen MR) is 99.3 cm³/mol. The average Bonchev–Trinajstić information content (AvgIpc) is 2.59. The summed E-state index contributed by atoms with van der Waals surface area (Å²) in [6.45, 7) is 5.42. The maximum Gasteiger partial charge on any atom is 0.341 e. The molecule has 0 aliphatic heterocycles. The first kappa shape index (κ1) is 20.6. The zero-order valence-electron chi connectivity index (χ0n) is 15.1. The highest BCUT2D eigenvalue weighted by atomic mass is 35.5. The molecule has 0 unspecified atom stereocenters. The van der Waals surface area contributed by atoms with Crippen LogP contribution in [0.2, 0.25) is 5.02 Å². The maximum atomic E-state index is 13.6. The maximum absolute atomic E-state index is 13.6. The van der Waals surface area contributed by atoms with Gasteiger partial charge in [0.25, 0.3) is 11.8 Å². The van der Waals surface area contributed by atoms with Crippen LogP contribution in [0.3, 0.4) is 0 Å². The van der Waals surface area contributed by atoms with Crippen LogP contribution in [0.1, 0.15) is 47.1 Å². The Labute approximate surface area is 161 Å². The second-order valence-corrected chi connectivity index (χ2v) is 7.34. The lowest BCUT2D eigenvalue weighted by atomic mass is 9.87. The lowest BCUT2D eigenvalue weighted by Gasteiger charge is -2.19. The van der Waals surface area contributed by atoms with E-state index in [1.807, 2.05) is 32.9 Å². The molecule has 7 heteroatoms. The van der Waals surface area contributed by atoms with Crippen LogP contribution in [0.25, 0.3) is 0 Å². The molecule has 2 amide bonds. The van der Waals surface area contributed by atoms with Crippen molar-refractivity contribution >= 4 is 29.4 Å². The van der Waals surface area contributed by atoms with Crippen molar-refractivity contribution in [3.05, 3.63) is 70.0 Å². The number of ether oxygens (including phenoxy) is 1. The number of halogens is 2. The molecule has 2 aromatic carbocycles. The molecule has 0 spiro atoms. The molecule has 2 rings (SSSR count). The van der Waals surface area contributed by atoms with Crippen molar-refractivity contribution < 1.29 is 23.5 Å². The fourth-order valence-electron chi connectivity index (χ4n) is 2.22. The molecule has 142 valence electrons. The minimum absolute atomic E-state index is 0.0596. The molecule has 0 saturated heterocycles. The minimum Gasteiger partial charge on any atom is -0.452 e. The first-order valence-corrected chi connectivity index (χ1v) is 8.52. The third kappa shape index (κ3) is 5.62. The topological polar surface area (TPSA) is 72.5 Å². The summed E-state index contributed by atoms with van der Waals surface area (Å²) in [4.78, 5) is 35.7. The summed E-state index contributed by atoms with van der Waals surface area (Å²) in [6, 6.07) is 10.3. The van der Waals surface area contributed by atoms with Crippen LogP contribution < -0.4 is 5.32 Å². The normalized spacial score (nSPS) is 11.0. The summed E-state index contributed by atoms with van der Waals surface area (Å²) in [5, 5.41) is 2.24. The molecule has 0 bridgehead atoms. The lowest BCUT2D eigenvalue weighted by Crippen LogP contribution is -2.34. The van der Waals surface area contributed by atoms with Crippen LogP contribution in [0.5, 0.6) is 0 Å². The van der Waals surface area contributed by atoms with Crippen molar-refractivity contribution in [3.8, 4) is 0 Å². The number of benzene rings is 2. The zero-order valence-corrected chi connectivity index (χ0v) is 15.9. The van der Waals surface area contributed by atoms with E-state index >= 15 is 0 Å². The third-order valence-corrected chi connectivity index (χ3v) is 3.99. The Bertz CT molecular complexity index is 873. The highest BCUT2D eigenvalue weighted by Gasteiger charge is 2.18. The molecule has 27 heavy (non-hydrogen) atoms. The van der Waals surface area contributed by atoms with Gasteiger partial charge in [-0.3, -0.25) is 14.9 Å². The number of hydrogen-bond acceptors (Lipinski definition) is 4. The summed E-state index contributed by atoms with van der Waals surface area (Å²) in [7, 11) is 0. The highest BCUT2D eigenvalue weighted by Crippen LogP contribution is 2.22. The van der Waals surface area contributed by atoms with E-state index in [1.165, 1.54) is 6.07 Å². The van der Waals surface area contributed by atoms with Gasteiger partial charge in [-0.1, -0.05) is 44.5 Å². The molecule has 0 aliphatic rings. The summed E-state index contributed by atoms with van der Waals surface area (Å²) in [5.74, 6) is -3.32. The van der Waals surface area contributed by atoms with Gasteiger partial charge in [0.15, 0.2) is 6.61 Å². The molecule has 0 radical (unpaired) electrons. The summed E-state index contributed by atoms with van der Waals surface area (Å²) in [6.07, 6.45) is 0. The van der Waals surface area contributed by atoms with Crippen molar-refractivity contribution in [1.29, 1.82) is 0 Å². The Morgan fingerprint density at radius 1 is 1.07 bits per heavy atom. The van der Waals surface area contributed by atoms with E-state index in [9.17, 15) is 18.8 Å². The largest absolute Gasteiger partial charge is 0.452 e. The first-order chi connectivity index (χ1) is 12.6. The average molecular weight is 392 g/mol. The van der Waals surface area contributed by atoms with Crippen LogP contribution in [-0.4, -0.2) is 24.4 Å². The number of amides is 2. The summed E-state index contributed by atoms with van der Waals surface area (Å²) < 4.78 is 18.4. The number of esters is 1. The van der Waals surface area contributed by atoms with E-state index in [2.05, 4.69) is 5.32 Å². The van der Waals surface area contributed by atoms with E-state index < -0.39 is 30.2 Å². The van der Waals surface area contributed by atoms with Crippen LogP contribution in [-0.2, 0) is 14.9 Å². The van der Waals surface area contributed by atoms with E-state index in [0.29, 0.717) is 5.56 Å². The van der Waals surface area contributed by atoms with E-state index in [1.54, 1.807) is 12.1 Å². The molecule has 2 aromatic rings. The quantitative estimate of drug-likeness (QED) is 0.802. The Morgan fingerprint density at radius 3 is 2.26 bits per heavy atom. The molecular formula is C20H19ClFNO4. The molecular weight excluding hydrogens is 373 g/mol. The number of rotatable bonds is 4. The van der Waals surface area contributed by atoms with Crippen LogP contribution in [0, 0.1) is 5.82 Å². The van der Waals surface area contributed by atoms with Gasteiger partial charge in [0.2, 0.25) is 0 Å². The first-order valence-electron chi connectivity index (χ1n) is 8.15. The van der Waals surface area contributed by atoms with Gasteiger partial charge in [0, 0.05) is 10.6 Å².